The molecule has 0 aromatic carbocycles. The summed E-state index contributed by atoms with van der Waals surface area (Å²) in [7, 11) is -0.287. The fraction of sp³-hybridized carbons (Fsp3) is 0.857. The van der Waals surface area contributed by atoms with Gasteiger partial charge in [0.2, 0.25) is 5.89 Å². The van der Waals surface area contributed by atoms with Gasteiger partial charge in [-0.25, -0.2) is 0 Å². The number of piperidine rings is 1. The molecule has 2 heterocycles. The van der Waals surface area contributed by atoms with Crippen LogP contribution in [-0.4, -0.2) is 61.0 Å². The molecule has 1 fully saturated rings. The number of hydrogen-bond donors (Lipinski definition) is 0. The van der Waals surface area contributed by atoms with E-state index < -0.39 is 10.2 Å². The highest BCUT2D eigenvalue weighted by Gasteiger charge is 2.31. The lowest BCUT2D eigenvalue weighted by molar-refractivity contribution is 0.119. The molecule has 2 rings (SSSR count). The maximum Gasteiger partial charge on any atom is 0.282 e. The number of aryl methyl sites for hydroxylation is 1. The average Bonchev–Trinajstić information content (AvgIpc) is 2.96. The summed E-state index contributed by atoms with van der Waals surface area (Å²) in [6, 6.07) is 0. The van der Waals surface area contributed by atoms with E-state index in [1.165, 1.54) is 8.61 Å². The van der Waals surface area contributed by atoms with Crippen molar-refractivity contribution in [3.63, 3.8) is 0 Å². The number of ether oxygens (including phenoxy) is 1. The molecular weight excluding hydrogens is 320 g/mol. The van der Waals surface area contributed by atoms with Gasteiger partial charge in [-0.1, -0.05) is 12.1 Å². The summed E-state index contributed by atoms with van der Waals surface area (Å²) in [6.07, 6.45) is 3.29. The van der Waals surface area contributed by atoms with E-state index in [2.05, 4.69) is 10.1 Å². The lowest BCUT2D eigenvalue weighted by Crippen LogP contribution is -2.45. The number of methoxy groups -OCH3 is 1. The van der Waals surface area contributed by atoms with Gasteiger partial charge >= 0.3 is 0 Å². The molecular formula is C14H26N4O4S. The molecule has 0 bridgehead atoms. The fourth-order valence-corrected chi connectivity index (χ4v) is 4.03. The van der Waals surface area contributed by atoms with Crippen LogP contribution < -0.4 is 0 Å². The van der Waals surface area contributed by atoms with Crippen LogP contribution in [0.15, 0.2) is 4.52 Å². The Balaban J connectivity index is 1.93. The second kappa shape index (κ2) is 8.18. The minimum Gasteiger partial charge on any atom is -0.384 e. The predicted octanol–water partition coefficient (Wildman–Crippen LogP) is 1.06. The lowest BCUT2D eigenvalue weighted by Gasteiger charge is -2.33. The van der Waals surface area contributed by atoms with Gasteiger partial charge in [0.25, 0.3) is 10.2 Å². The first-order valence-electron chi connectivity index (χ1n) is 7.99. The van der Waals surface area contributed by atoms with E-state index >= 15 is 0 Å². The summed E-state index contributed by atoms with van der Waals surface area (Å²) in [5.74, 6) is 1.38. The third-order valence-corrected chi connectivity index (χ3v) is 5.97. The summed E-state index contributed by atoms with van der Waals surface area (Å²) in [6.45, 7) is 3.85. The Kier molecular flexibility index (Phi) is 6.51. The quantitative estimate of drug-likeness (QED) is 0.699. The minimum atomic E-state index is -3.50. The monoisotopic (exact) mass is 346 g/mol. The lowest BCUT2D eigenvalue weighted by atomic mass is 9.99. The van der Waals surface area contributed by atoms with Crippen LogP contribution in [0, 0.1) is 5.92 Å². The molecule has 1 aliphatic heterocycles. The Labute approximate surface area is 138 Å². The van der Waals surface area contributed by atoms with E-state index in [-0.39, 0.29) is 6.54 Å². The number of nitrogens with zero attached hydrogens (tertiary/aromatic N) is 4. The predicted molar refractivity (Wildman–Crippen MR) is 84.9 cm³/mol. The molecule has 132 valence electrons. The Morgan fingerprint density at radius 3 is 2.70 bits per heavy atom. The zero-order chi connectivity index (χ0) is 16.9. The molecule has 0 N–H and O–H groups in total. The van der Waals surface area contributed by atoms with Gasteiger partial charge in [0.05, 0.1) is 6.54 Å². The molecule has 0 aliphatic carbocycles. The van der Waals surface area contributed by atoms with Crippen LogP contribution in [0.25, 0.3) is 0 Å². The molecule has 0 spiro atoms. The molecule has 0 amide bonds. The second-order valence-corrected chi connectivity index (χ2v) is 7.95. The van der Waals surface area contributed by atoms with Crippen molar-refractivity contribution in [2.24, 2.45) is 5.92 Å². The summed E-state index contributed by atoms with van der Waals surface area (Å²) >= 11 is 0. The van der Waals surface area contributed by atoms with Gasteiger partial charge in [-0.15, -0.1) is 0 Å². The van der Waals surface area contributed by atoms with Crippen LogP contribution in [0.4, 0.5) is 0 Å². The van der Waals surface area contributed by atoms with E-state index in [9.17, 15) is 8.42 Å². The molecule has 1 aromatic heterocycles. The molecule has 0 unspecified atom stereocenters. The van der Waals surface area contributed by atoms with Crippen LogP contribution in [-0.2, 0) is 27.9 Å². The summed E-state index contributed by atoms with van der Waals surface area (Å²) < 4.78 is 38.3. The maximum atomic E-state index is 12.6. The van der Waals surface area contributed by atoms with Crippen molar-refractivity contribution in [2.75, 3.05) is 33.9 Å². The zero-order valence-electron chi connectivity index (χ0n) is 14.1. The standard InChI is InChI=1S/C14H26N4O4S/c1-4-5-13-15-14(22-16-13)10-17(2)23(19,20)18-8-6-12(7-9-18)11-21-3/h12H,4-11H2,1-3H3. The molecule has 0 saturated carbocycles. The van der Waals surface area contributed by atoms with E-state index in [4.69, 9.17) is 9.26 Å². The van der Waals surface area contributed by atoms with Crippen molar-refractivity contribution >= 4 is 10.2 Å². The topological polar surface area (TPSA) is 88.8 Å². The highest BCUT2D eigenvalue weighted by atomic mass is 32.2. The summed E-state index contributed by atoms with van der Waals surface area (Å²) in [5.41, 5.74) is 0. The van der Waals surface area contributed by atoms with Crippen LogP contribution in [0.1, 0.15) is 37.9 Å². The molecule has 9 heteroatoms. The Morgan fingerprint density at radius 2 is 2.09 bits per heavy atom. The van der Waals surface area contributed by atoms with E-state index in [1.807, 2.05) is 6.92 Å². The van der Waals surface area contributed by atoms with Gasteiger partial charge in [0.1, 0.15) is 0 Å². The van der Waals surface area contributed by atoms with Gasteiger partial charge in [-0.05, 0) is 25.2 Å². The van der Waals surface area contributed by atoms with E-state index in [0.29, 0.717) is 37.3 Å². The molecule has 0 radical (unpaired) electrons. The minimum absolute atomic E-state index is 0.0943. The Bertz CT molecular complexity index is 581. The molecule has 23 heavy (non-hydrogen) atoms. The first kappa shape index (κ1) is 18.3. The number of rotatable bonds is 8. The van der Waals surface area contributed by atoms with Crippen molar-refractivity contribution in [3.05, 3.63) is 11.7 Å². The summed E-state index contributed by atoms with van der Waals surface area (Å²) in [5, 5.41) is 3.85. The van der Waals surface area contributed by atoms with Crippen molar-refractivity contribution < 1.29 is 17.7 Å². The van der Waals surface area contributed by atoms with Gasteiger partial charge < -0.3 is 9.26 Å². The van der Waals surface area contributed by atoms with Gasteiger partial charge in [-0.2, -0.15) is 22.0 Å². The smallest absolute Gasteiger partial charge is 0.282 e. The fourth-order valence-electron chi connectivity index (χ4n) is 2.69. The van der Waals surface area contributed by atoms with E-state index in [1.54, 1.807) is 14.2 Å². The summed E-state index contributed by atoms with van der Waals surface area (Å²) in [4.78, 5) is 4.22. The van der Waals surface area contributed by atoms with Crippen molar-refractivity contribution in [1.29, 1.82) is 0 Å². The molecule has 8 nitrogen and oxygen atoms in total. The normalized spacial score (nSPS) is 17.9. The second-order valence-electron chi connectivity index (χ2n) is 5.92. The largest absolute Gasteiger partial charge is 0.384 e. The van der Waals surface area contributed by atoms with Gasteiger partial charge in [0, 0.05) is 40.3 Å². The van der Waals surface area contributed by atoms with Crippen LogP contribution in [0.5, 0.6) is 0 Å². The van der Waals surface area contributed by atoms with Crippen LogP contribution >= 0.6 is 0 Å². The first-order chi connectivity index (χ1) is 11.0. The molecule has 1 aliphatic rings. The molecule has 1 aromatic rings. The van der Waals surface area contributed by atoms with E-state index in [0.717, 1.165) is 25.7 Å². The third-order valence-electron chi connectivity index (χ3n) is 4.04. The Morgan fingerprint density at radius 1 is 1.39 bits per heavy atom. The maximum absolute atomic E-state index is 12.6. The third kappa shape index (κ3) is 4.72. The highest BCUT2D eigenvalue weighted by Crippen LogP contribution is 2.21. The number of aromatic nitrogens is 2. The van der Waals surface area contributed by atoms with Crippen molar-refractivity contribution in [2.45, 2.75) is 39.2 Å². The highest BCUT2D eigenvalue weighted by molar-refractivity contribution is 7.86. The Hall–Kier alpha value is -1.03. The van der Waals surface area contributed by atoms with Crippen molar-refractivity contribution in [3.8, 4) is 0 Å². The molecule has 0 atom stereocenters. The van der Waals surface area contributed by atoms with Gasteiger partial charge in [-0.3, -0.25) is 0 Å². The van der Waals surface area contributed by atoms with Gasteiger partial charge in [0.15, 0.2) is 5.82 Å². The van der Waals surface area contributed by atoms with Crippen molar-refractivity contribution in [1.82, 2.24) is 18.8 Å². The van der Waals surface area contributed by atoms with Crippen LogP contribution in [0.2, 0.25) is 0 Å². The molecule has 1 saturated heterocycles. The SMILES string of the molecule is CCCc1noc(CN(C)S(=O)(=O)N2CCC(COC)CC2)n1. The van der Waals surface area contributed by atoms with Crippen LogP contribution in [0.3, 0.4) is 0 Å². The average molecular weight is 346 g/mol. The first-order valence-corrected chi connectivity index (χ1v) is 9.38. The zero-order valence-corrected chi connectivity index (χ0v) is 14.9. The number of hydrogen-bond acceptors (Lipinski definition) is 6.